The first kappa shape index (κ1) is 17.4. The molecule has 0 aliphatic heterocycles. The molecule has 0 fully saturated rings. The number of amides is 2. The van der Waals surface area contributed by atoms with Gasteiger partial charge in [-0.3, -0.25) is 4.98 Å². The van der Waals surface area contributed by atoms with E-state index in [4.69, 9.17) is 13.3 Å². The van der Waals surface area contributed by atoms with E-state index in [0.29, 0.717) is 19.8 Å². The van der Waals surface area contributed by atoms with E-state index < -0.39 is 8.97 Å². The van der Waals surface area contributed by atoms with Gasteiger partial charge in [-0.15, -0.1) is 0 Å². The number of carbonyl (C=O) groups excluding carboxylic acids is 1. The summed E-state index contributed by atoms with van der Waals surface area (Å²) in [5.74, 6) is 0. The van der Waals surface area contributed by atoms with Crippen LogP contribution in [0.5, 0.6) is 0 Å². The molecule has 0 aliphatic rings. The molecule has 2 amide bonds. The van der Waals surface area contributed by atoms with Gasteiger partial charge in [0.05, 0.1) is 0 Å². The monoisotopic (exact) mass is 278 g/mol. The zero-order valence-electron chi connectivity index (χ0n) is 12.3. The standard InChI is InChI=1S/C11H26N2O4Si/c1-7-15-18(16-8-2,17-9-3)13-10(14)12-11(4,5)6/h7-9H2,1-6H3,(H2,12,13,14). The number of hydrogen-bond donors (Lipinski definition) is 2. The molecule has 0 saturated heterocycles. The fourth-order valence-electron chi connectivity index (χ4n) is 1.31. The second kappa shape index (κ2) is 7.73. The van der Waals surface area contributed by atoms with Crippen LogP contribution in [0.4, 0.5) is 4.79 Å². The lowest BCUT2D eigenvalue weighted by atomic mass is 10.1. The molecule has 7 heteroatoms. The molecule has 0 aliphatic carbocycles. The summed E-state index contributed by atoms with van der Waals surface area (Å²) in [6, 6.07) is -0.343. The SMILES string of the molecule is CCO[Si](NC(=O)NC(C)(C)C)(OCC)OCC. The van der Waals surface area contributed by atoms with E-state index in [1.54, 1.807) is 0 Å². The number of hydrogen-bond acceptors (Lipinski definition) is 4. The summed E-state index contributed by atoms with van der Waals surface area (Å²) in [5.41, 5.74) is -0.325. The van der Waals surface area contributed by atoms with E-state index in [1.165, 1.54) is 0 Å². The Labute approximate surface area is 111 Å². The molecule has 0 radical (unpaired) electrons. The first-order valence-electron chi connectivity index (χ1n) is 6.30. The summed E-state index contributed by atoms with van der Waals surface area (Å²) in [4.78, 5) is 14.6. The lowest BCUT2D eigenvalue weighted by Gasteiger charge is -2.29. The highest BCUT2D eigenvalue weighted by Gasteiger charge is 2.44. The third-order valence-corrected chi connectivity index (χ3v) is 4.30. The van der Waals surface area contributed by atoms with Crippen molar-refractivity contribution >= 4 is 15.0 Å². The van der Waals surface area contributed by atoms with Crippen molar-refractivity contribution in [3.8, 4) is 0 Å². The number of urea groups is 1. The van der Waals surface area contributed by atoms with Crippen LogP contribution in [0, 0.1) is 0 Å². The third-order valence-electron chi connectivity index (χ3n) is 1.76. The van der Waals surface area contributed by atoms with Gasteiger partial charge in [0.2, 0.25) is 0 Å². The topological polar surface area (TPSA) is 68.8 Å². The van der Waals surface area contributed by atoms with Crippen molar-refractivity contribution < 1.29 is 18.1 Å². The van der Waals surface area contributed by atoms with Gasteiger partial charge in [0.1, 0.15) is 0 Å². The Balaban J connectivity index is 4.69. The van der Waals surface area contributed by atoms with Gasteiger partial charge in [-0.05, 0) is 41.5 Å². The quantitative estimate of drug-likeness (QED) is 0.695. The van der Waals surface area contributed by atoms with Crippen LogP contribution in [0.15, 0.2) is 0 Å². The van der Waals surface area contributed by atoms with Crippen molar-refractivity contribution in [3.05, 3.63) is 0 Å². The van der Waals surface area contributed by atoms with E-state index in [2.05, 4.69) is 10.3 Å². The molecule has 18 heavy (non-hydrogen) atoms. The Morgan fingerprint density at radius 3 is 1.67 bits per heavy atom. The minimum atomic E-state index is -3.12. The molecule has 0 spiro atoms. The Morgan fingerprint density at radius 2 is 1.39 bits per heavy atom. The van der Waals surface area contributed by atoms with Crippen molar-refractivity contribution in [2.24, 2.45) is 0 Å². The van der Waals surface area contributed by atoms with Crippen LogP contribution in [0.2, 0.25) is 0 Å². The van der Waals surface area contributed by atoms with Gasteiger partial charge in [0.25, 0.3) is 0 Å². The number of rotatable bonds is 7. The molecule has 0 bridgehead atoms. The van der Waals surface area contributed by atoms with Crippen LogP contribution >= 0.6 is 0 Å². The molecule has 0 rings (SSSR count). The van der Waals surface area contributed by atoms with Gasteiger partial charge < -0.3 is 18.6 Å². The van der Waals surface area contributed by atoms with Crippen LogP contribution in [0.25, 0.3) is 0 Å². The first-order valence-corrected chi connectivity index (χ1v) is 8.03. The van der Waals surface area contributed by atoms with Crippen LogP contribution < -0.4 is 10.3 Å². The molecule has 6 nitrogen and oxygen atoms in total. The average Bonchev–Trinajstić information content (AvgIpc) is 2.15. The molecule has 0 unspecified atom stereocenters. The van der Waals surface area contributed by atoms with Gasteiger partial charge >= 0.3 is 15.0 Å². The van der Waals surface area contributed by atoms with Gasteiger partial charge in [0.15, 0.2) is 0 Å². The van der Waals surface area contributed by atoms with Crippen molar-refractivity contribution in [2.45, 2.75) is 47.1 Å². The summed E-state index contributed by atoms with van der Waals surface area (Å²) in [6.07, 6.45) is 0. The second-order valence-corrected chi connectivity index (χ2v) is 6.91. The lowest BCUT2D eigenvalue weighted by Crippen LogP contribution is -2.64. The molecule has 0 aromatic carbocycles. The van der Waals surface area contributed by atoms with E-state index in [-0.39, 0.29) is 11.6 Å². The zero-order chi connectivity index (χ0) is 14.2. The minimum Gasteiger partial charge on any atom is -0.357 e. The fraction of sp³-hybridized carbons (Fsp3) is 0.909. The molecule has 0 heterocycles. The maximum absolute atomic E-state index is 11.9. The van der Waals surface area contributed by atoms with E-state index >= 15 is 0 Å². The highest BCUT2D eigenvalue weighted by Crippen LogP contribution is 2.07. The Morgan fingerprint density at radius 1 is 1.00 bits per heavy atom. The summed E-state index contributed by atoms with van der Waals surface area (Å²) >= 11 is 0. The maximum atomic E-state index is 11.9. The van der Waals surface area contributed by atoms with Crippen LogP contribution in [0.3, 0.4) is 0 Å². The Kier molecular flexibility index (Phi) is 7.45. The van der Waals surface area contributed by atoms with Gasteiger partial charge in [-0.2, -0.15) is 0 Å². The minimum absolute atomic E-state index is 0.325. The van der Waals surface area contributed by atoms with Gasteiger partial charge in [0, 0.05) is 25.4 Å². The molecule has 0 aromatic rings. The van der Waals surface area contributed by atoms with Crippen molar-refractivity contribution in [3.63, 3.8) is 0 Å². The van der Waals surface area contributed by atoms with Crippen LogP contribution in [-0.4, -0.2) is 40.4 Å². The van der Waals surface area contributed by atoms with E-state index in [9.17, 15) is 4.79 Å². The zero-order valence-corrected chi connectivity index (χ0v) is 13.3. The van der Waals surface area contributed by atoms with E-state index in [1.807, 2.05) is 41.5 Å². The molecular weight excluding hydrogens is 252 g/mol. The molecule has 0 aromatic heterocycles. The fourth-order valence-corrected chi connectivity index (χ4v) is 3.26. The summed E-state index contributed by atoms with van der Waals surface area (Å²) < 4.78 is 16.6. The number of carbonyl (C=O) groups is 1. The maximum Gasteiger partial charge on any atom is 0.634 e. The van der Waals surface area contributed by atoms with Crippen LogP contribution in [0.1, 0.15) is 41.5 Å². The number of nitrogens with one attached hydrogen (secondary N) is 2. The predicted octanol–water partition coefficient (Wildman–Crippen LogP) is 1.63. The molecular formula is C11H26N2O4Si. The highest BCUT2D eigenvalue weighted by molar-refractivity contribution is 6.60. The summed E-state index contributed by atoms with van der Waals surface area (Å²) in [6.45, 7) is 12.5. The highest BCUT2D eigenvalue weighted by atomic mass is 28.4. The van der Waals surface area contributed by atoms with Gasteiger partial charge in [-0.25, -0.2) is 4.79 Å². The Bertz CT molecular complexity index is 239. The largest absolute Gasteiger partial charge is 0.634 e. The average molecular weight is 278 g/mol. The van der Waals surface area contributed by atoms with Gasteiger partial charge in [-0.1, -0.05) is 0 Å². The summed E-state index contributed by atoms with van der Waals surface area (Å²) in [7, 11) is -3.12. The van der Waals surface area contributed by atoms with Crippen molar-refractivity contribution in [1.29, 1.82) is 0 Å². The smallest absolute Gasteiger partial charge is 0.357 e. The molecule has 108 valence electrons. The normalized spacial score (nSPS) is 12.3. The van der Waals surface area contributed by atoms with Crippen molar-refractivity contribution in [2.75, 3.05) is 19.8 Å². The predicted molar refractivity (Wildman–Crippen MR) is 72.1 cm³/mol. The lowest BCUT2D eigenvalue weighted by molar-refractivity contribution is 0.0628. The Hall–Kier alpha value is -0.633. The third kappa shape index (κ3) is 6.95. The molecule has 2 N–H and O–H groups in total. The van der Waals surface area contributed by atoms with Crippen LogP contribution in [-0.2, 0) is 13.3 Å². The second-order valence-electron chi connectivity index (χ2n) is 4.68. The molecule has 0 saturated carbocycles. The van der Waals surface area contributed by atoms with Crippen molar-refractivity contribution in [1.82, 2.24) is 10.3 Å². The summed E-state index contributed by atoms with van der Waals surface area (Å²) in [5, 5.41) is 2.79. The molecule has 0 atom stereocenters. The first-order chi connectivity index (χ1) is 8.28. The van der Waals surface area contributed by atoms with E-state index in [0.717, 1.165) is 0 Å².